The molecule has 2 spiro atoms. The summed E-state index contributed by atoms with van der Waals surface area (Å²) in [6.07, 6.45) is 9.68. The average molecular weight is 701 g/mol. The van der Waals surface area contributed by atoms with Gasteiger partial charge in [-0.05, 0) is 89.1 Å². The molecule has 264 valence electrons. The van der Waals surface area contributed by atoms with Crippen LogP contribution < -0.4 is 10.6 Å². The molecule has 49 heavy (non-hydrogen) atoms. The van der Waals surface area contributed by atoms with Crippen LogP contribution in [0.15, 0.2) is 8.83 Å². The molecule has 0 radical (unpaired) electrons. The van der Waals surface area contributed by atoms with Crippen molar-refractivity contribution in [2.75, 3.05) is 27.2 Å². The predicted molar refractivity (Wildman–Crippen MR) is 163 cm³/mol. The van der Waals surface area contributed by atoms with Gasteiger partial charge in [-0.2, -0.15) is 18.5 Å². The Bertz CT molecular complexity index is 1710. The van der Waals surface area contributed by atoms with Crippen LogP contribution in [0, 0.1) is 10.8 Å². The predicted octanol–water partition coefficient (Wildman–Crippen LogP) is 1.51. The van der Waals surface area contributed by atoms with Crippen LogP contribution in [0.25, 0.3) is 0 Å². The summed E-state index contributed by atoms with van der Waals surface area (Å²) in [4.78, 5) is 30.6. The second kappa shape index (κ2) is 9.89. The minimum Gasteiger partial charge on any atom is -0.423 e. The zero-order valence-electron chi connectivity index (χ0n) is 27.5. The largest absolute Gasteiger partial charge is 0.442 e. The molecule has 4 atom stereocenters. The Morgan fingerprint density at radius 3 is 1.45 bits per heavy atom. The SMILES string of the molecule is CNC1(Cc2nnc([C@@H]3CC4(CC4)[C@@H]4CN3C(=O)N4OS(=O)(=O)ON3C(=O)N4C[C@H]3C3(CC3)C[C@H]4c3nnc(CC4(NC)CC4)o3)o2)CC1. The third-order valence-electron chi connectivity index (χ3n) is 12.9. The van der Waals surface area contributed by atoms with Gasteiger partial charge in [-0.1, -0.05) is 0 Å². The van der Waals surface area contributed by atoms with Crippen molar-refractivity contribution in [3.63, 3.8) is 0 Å². The lowest BCUT2D eigenvalue weighted by Crippen LogP contribution is -2.45. The molecule has 0 unspecified atom stereocenters. The molecular weight excluding hydrogens is 660 g/mol. The van der Waals surface area contributed by atoms with Gasteiger partial charge in [0, 0.05) is 37.0 Å². The van der Waals surface area contributed by atoms with Crippen molar-refractivity contribution in [1.82, 2.24) is 51.0 Å². The molecule has 19 heteroatoms. The van der Waals surface area contributed by atoms with Gasteiger partial charge in [0.05, 0.1) is 12.1 Å². The fourth-order valence-corrected chi connectivity index (χ4v) is 9.69. The number of carbonyl (C=O) groups is 2. The van der Waals surface area contributed by atoms with Gasteiger partial charge in [-0.3, -0.25) is 0 Å². The van der Waals surface area contributed by atoms with Gasteiger partial charge in [-0.25, -0.2) is 9.59 Å². The van der Waals surface area contributed by atoms with Crippen LogP contribution in [-0.4, -0.2) is 111 Å². The Hall–Kier alpha value is -3.39. The number of fused-ring (bicyclic) bond motifs is 6. The molecule has 4 saturated heterocycles. The first-order valence-electron chi connectivity index (χ1n) is 17.3. The van der Waals surface area contributed by atoms with Crippen molar-refractivity contribution in [3.05, 3.63) is 23.6 Å². The molecule has 4 aliphatic heterocycles. The first kappa shape index (κ1) is 30.4. The van der Waals surface area contributed by atoms with E-state index in [1.54, 1.807) is 0 Å². The van der Waals surface area contributed by atoms with Crippen molar-refractivity contribution < 1.29 is 35.4 Å². The van der Waals surface area contributed by atoms with Crippen LogP contribution in [0.2, 0.25) is 0 Å². The van der Waals surface area contributed by atoms with Crippen molar-refractivity contribution in [2.24, 2.45) is 10.8 Å². The van der Waals surface area contributed by atoms with Gasteiger partial charge in [-0.15, -0.1) is 29.0 Å². The standard InChI is InChI=1S/C30H40N10O8S/c1-31-29(7-8-29)13-21-33-35-23(45-21)17-11-27(3-4-27)19-15-37(17)25(41)39(19)47-49(43,44)48-40-20-16-38(26(40)42)18(12-28(20)5-6-28)24-36-34-22(46-24)14-30(32-2)9-10-30/h17-20,31-32H,3-16H2,1-2H3/t17-,18-,19-,20-/m0/s1. The number of piperidine rings is 2. The van der Waals surface area contributed by atoms with Crippen LogP contribution in [0.4, 0.5) is 9.59 Å². The Balaban J connectivity index is 0.848. The minimum absolute atomic E-state index is 0.0178. The Labute approximate surface area is 282 Å². The van der Waals surface area contributed by atoms with E-state index in [1.807, 2.05) is 14.1 Å². The van der Waals surface area contributed by atoms with Crippen LogP contribution >= 0.6 is 0 Å². The van der Waals surface area contributed by atoms with Crippen LogP contribution in [0.1, 0.15) is 99.9 Å². The van der Waals surface area contributed by atoms with Crippen molar-refractivity contribution in [1.29, 1.82) is 0 Å². The Kier molecular flexibility index (Phi) is 6.14. The molecule has 10 rings (SSSR count). The highest BCUT2D eigenvalue weighted by atomic mass is 32.3. The van der Waals surface area contributed by atoms with Crippen molar-refractivity contribution in [3.8, 4) is 0 Å². The Morgan fingerprint density at radius 1 is 0.694 bits per heavy atom. The molecule has 2 N–H and O–H groups in total. The molecule has 4 aliphatic carbocycles. The normalized spacial score (nSPS) is 32.1. The summed E-state index contributed by atoms with van der Waals surface area (Å²) < 4.78 is 50.2. The van der Waals surface area contributed by atoms with Crippen molar-refractivity contribution >= 4 is 22.5 Å². The quantitative estimate of drug-likeness (QED) is 0.323. The molecule has 8 fully saturated rings. The van der Waals surface area contributed by atoms with E-state index >= 15 is 0 Å². The number of amides is 4. The monoisotopic (exact) mass is 700 g/mol. The van der Waals surface area contributed by atoms with E-state index in [2.05, 4.69) is 31.0 Å². The van der Waals surface area contributed by atoms with E-state index in [1.165, 1.54) is 9.80 Å². The van der Waals surface area contributed by atoms with Gasteiger partial charge in [0.1, 0.15) is 12.1 Å². The highest BCUT2D eigenvalue weighted by Crippen LogP contribution is 2.63. The number of carbonyl (C=O) groups excluding carboxylic acids is 2. The summed E-state index contributed by atoms with van der Waals surface area (Å²) in [7, 11) is -1.05. The van der Waals surface area contributed by atoms with E-state index < -0.39 is 46.6 Å². The smallest absolute Gasteiger partial charge is 0.423 e. The molecule has 6 heterocycles. The maximum atomic E-state index is 13.8. The van der Waals surface area contributed by atoms with Gasteiger partial charge in [0.25, 0.3) is 0 Å². The average Bonchev–Trinajstić information content (AvgIpc) is 4.05. The molecule has 4 amide bonds. The molecule has 4 saturated carbocycles. The summed E-state index contributed by atoms with van der Waals surface area (Å²) >= 11 is 0. The highest BCUT2D eigenvalue weighted by molar-refractivity contribution is 7.81. The van der Waals surface area contributed by atoms with E-state index in [0.717, 1.165) is 61.5 Å². The lowest BCUT2D eigenvalue weighted by molar-refractivity contribution is -0.101. The van der Waals surface area contributed by atoms with Crippen molar-refractivity contribution in [2.45, 2.75) is 112 Å². The molecule has 0 aromatic carbocycles. The highest BCUT2D eigenvalue weighted by Gasteiger charge is 2.67. The van der Waals surface area contributed by atoms with Gasteiger partial charge >= 0.3 is 22.5 Å². The second-order valence-corrected chi connectivity index (χ2v) is 16.9. The third-order valence-corrected chi connectivity index (χ3v) is 13.6. The number of nitrogens with one attached hydrogen (secondary N) is 2. The van der Waals surface area contributed by atoms with Crippen LogP contribution in [0.5, 0.6) is 0 Å². The van der Waals surface area contributed by atoms with Gasteiger partial charge < -0.3 is 29.3 Å². The number of rotatable bonds is 12. The third kappa shape index (κ3) is 4.75. The fourth-order valence-electron chi connectivity index (χ4n) is 8.94. The number of hydrogen-bond donors (Lipinski definition) is 2. The van der Waals surface area contributed by atoms with Gasteiger partial charge in [0.15, 0.2) is 0 Å². The molecule has 18 nitrogen and oxygen atoms in total. The lowest BCUT2D eigenvalue weighted by atomic mass is 9.85. The molecular formula is C30H40N10O8S. The second-order valence-electron chi connectivity index (χ2n) is 15.8. The first-order valence-corrected chi connectivity index (χ1v) is 18.7. The Morgan fingerprint density at radius 2 is 1.10 bits per heavy atom. The molecule has 2 aromatic heterocycles. The number of urea groups is 2. The van der Waals surface area contributed by atoms with E-state index in [-0.39, 0.29) is 35.0 Å². The minimum atomic E-state index is -4.88. The van der Waals surface area contributed by atoms with E-state index in [9.17, 15) is 18.0 Å². The zero-order chi connectivity index (χ0) is 33.6. The summed E-state index contributed by atoms with van der Waals surface area (Å²) in [5.41, 5.74) is -0.717. The van der Waals surface area contributed by atoms with Crippen LogP contribution in [-0.2, 0) is 31.8 Å². The number of aromatic nitrogens is 4. The maximum Gasteiger partial charge on any atom is 0.442 e. The molecule has 2 aromatic rings. The van der Waals surface area contributed by atoms with E-state index in [0.29, 0.717) is 49.2 Å². The summed E-state index contributed by atoms with van der Waals surface area (Å²) in [6.45, 7) is 0.505. The number of hydrogen-bond acceptors (Lipinski definition) is 14. The lowest BCUT2D eigenvalue weighted by Gasteiger charge is -2.35. The zero-order valence-corrected chi connectivity index (χ0v) is 28.3. The molecule has 4 bridgehead atoms. The summed E-state index contributed by atoms with van der Waals surface area (Å²) in [5.74, 6) is 1.71. The maximum absolute atomic E-state index is 13.8. The summed E-state index contributed by atoms with van der Waals surface area (Å²) in [5, 5.41) is 25.6. The van der Waals surface area contributed by atoms with Gasteiger partial charge in [0.2, 0.25) is 23.6 Å². The fraction of sp³-hybridized carbons (Fsp3) is 0.800. The number of nitrogens with zero attached hydrogens (tertiary/aromatic N) is 8. The first-order chi connectivity index (χ1) is 23.5. The summed E-state index contributed by atoms with van der Waals surface area (Å²) in [6, 6.07) is -3.23. The van der Waals surface area contributed by atoms with E-state index in [4.69, 9.17) is 17.4 Å². The van der Waals surface area contributed by atoms with Crippen LogP contribution in [0.3, 0.4) is 0 Å². The number of likely N-dealkylation sites (N-methyl/N-ethyl adjacent to an activating group) is 2. The number of hydroxylamine groups is 4. The molecule has 8 aliphatic rings. The topological polar surface area (TPSA) is 202 Å².